The second kappa shape index (κ2) is 23.3. The number of esters is 1. The molecule has 11 nitrogen and oxygen atoms in total. The molecule has 0 aromatic heterocycles. The van der Waals surface area contributed by atoms with Crippen LogP contribution in [0.4, 0.5) is 0 Å². The molecule has 3 aromatic carbocycles. The number of unbranched alkanes of at least 4 members (excludes halogenated alkanes) is 10. The third-order valence-electron chi connectivity index (χ3n) is 9.07. The van der Waals surface area contributed by atoms with Crippen LogP contribution in [0.2, 0.25) is 0 Å². The second-order valence-electron chi connectivity index (χ2n) is 13.7. The molecule has 0 aliphatic carbocycles. The van der Waals surface area contributed by atoms with Crippen molar-refractivity contribution >= 4 is 31.9 Å². The van der Waals surface area contributed by atoms with E-state index in [1.54, 1.807) is 36.4 Å². The maximum Gasteiger partial charge on any atom is 0.323 e. The number of hydroxylamine groups is 1. The Hall–Kier alpha value is -3.62. The molecule has 298 valence electrons. The summed E-state index contributed by atoms with van der Waals surface area (Å²) in [6.45, 7) is 7.05. The number of nitrogens with zero attached hydrogens (tertiary/aromatic N) is 2. The largest absolute Gasteiger partial charge is 0.435 e. The van der Waals surface area contributed by atoms with Crippen molar-refractivity contribution in [1.82, 2.24) is 14.1 Å². The molecular weight excluding hydrogens is 727 g/mol. The predicted octanol–water partition coefficient (Wildman–Crippen LogP) is 7.82. The lowest BCUT2D eigenvalue weighted by molar-refractivity contribution is -0.169. The first-order chi connectivity index (χ1) is 25.9. The topological polar surface area (TPSA) is 139 Å². The Bertz CT molecular complexity index is 1770. The zero-order valence-corrected chi connectivity index (χ0v) is 34.0. The molecule has 1 atom stereocenters. The Morgan fingerprint density at radius 2 is 1.11 bits per heavy atom. The predicted molar refractivity (Wildman–Crippen MR) is 211 cm³/mol. The number of hydrogen-bond donors (Lipinski definition) is 1. The number of carbonyl (C=O) groups excluding carboxylic acids is 2. The van der Waals surface area contributed by atoms with Gasteiger partial charge in [0, 0.05) is 13.1 Å². The third-order valence-corrected chi connectivity index (χ3v) is 12.8. The fourth-order valence-electron chi connectivity index (χ4n) is 5.83. The molecule has 0 spiro atoms. The van der Waals surface area contributed by atoms with Gasteiger partial charge < -0.3 is 4.74 Å². The summed E-state index contributed by atoms with van der Waals surface area (Å²) in [4.78, 5) is 33.2. The highest BCUT2D eigenvalue weighted by Crippen LogP contribution is 2.23. The van der Waals surface area contributed by atoms with Crippen LogP contribution >= 0.6 is 0 Å². The Morgan fingerprint density at radius 1 is 0.630 bits per heavy atom. The summed E-state index contributed by atoms with van der Waals surface area (Å²) >= 11 is 0. The fraction of sp³-hybridized carbons (Fsp3) is 0.512. The maximum absolute atomic E-state index is 14.3. The number of sulfonamides is 2. The van der Waals surface area contributed by atoms with E-state index in [9.17, 15) is 26.4 Å². The molecule has 3 aromatic rings. The number of benzene rings is 3. The van der Waals surface area contributed by atoms with Gasteiger partial charge in [0.2, 0.25) is 26.3 Å². The molecule has 3 rings (SSSR count). The first-order valence-electron chi connectivity index (χ1n) is 19.2. The van der Waals surface area contributed by atoms with Crippen molar-refractivity contribution < 1.29 is 36.0 Å². The van der Waals surface area contributed by atoms with Crippen molar-refractivity contribution in [2.24, 2.45) is 0 Å². The molecule has 0 bridgehead atoms. The summed E-state index contributed by atoms with van der Waals surface area (Å²) in [6.07, 6.45) is 8.41. The molecule has 1 amide bonds. The van der Waals surface area contributed by atoms with Crippen LogP contribution < -0.4 is 5.48 Å². The lowest BCUT2D eigenvalue weighted by atomic mass is 10.1. The first kappa shape index (κ1) is 44.8. The van der Waals surface area contributed by atoms with E-state index in [-0.39, 0.29) is 29.5 Å². The van der Waals surface area contributed by atoms with Crippen LogP contribution in [0, 0.1) is 13.8 Å². The fourth-order valence-corrected chi connectivity index (χ4v) is 8.77. The molecule has 54 heavy (non-hydrogen) atoms. The van der Waals surface area contributed by atoms with E-state index in [0.29, 0.717) is 19.3 Å². The van der Waals surface area contributed by atoms with Gasteiger partial charge in [-0.3, -0.25) is 14.4 Å². The van der Waals surface area contributed by atoms with Crippen molar-refractivity contribution in [3.63, 3.8) is 0 Å². The van der Waals surface area contributed by atoms with Crippen molar-refractivity contribution in [2.45, 2.75) is 127 Å². The first-order valence-corrected chi connectivity index (χ1v) is 22.1. The number of hydrogen-bond acceptors (Lipinski definition) is 8. The Balaban J connectivity index is 1.95. The molecule has 1 unspecified atom stereocenters. The number of nitrogens with one attached hydrogen (secondary N) is 1. The van der Waals surface area contributed by atoms with E-state index in [2.05, 4.69) is 19.3 Å². The minimum atomic E-state index is -4.40. The van der Waals surface area contributed by atoms with Crippen molar-refractivity contribution in [2.75, 3.05) is 19.6 Å². The van der Waals surface area contributed by atoms with Gasteiger partial charge in [-0.2, -0.15) is 8.61 Å². The van der Waals surface area contributed by atoms with E-state index in [1.165, 1.54) is 24.3 Å². The maximum atomic E-state index is 14.3. The summed E-state index contributed by atoms with van der Waals surface area (Å²) in [5.41, 5.74) is 4.75. The number of rotatable bonds is 26. The summed E-state index contributed by atoms with van der Waals surface area (Å²) in [5, 5.41) is 0. The SMILES string of the molecule is CCCCCCCCN(CC(=O)OC(C(=O)NOCc1ccccc1)N(CCCCCCCC)S(=O)(=O)c1ccc(C)cc1)S(=O)(=O)c1ccc(C)cc1. The molecule has 0 saturated heterocycles. The molecule has 0 radical (unpaired) electrons. The molecule has 0 aliphatic rings. The van der Waals surface area contributed by atoms with Crippen LogP contribution in [0.15, 0.2) is 88.7 Å². The number of amides is 1. The molecular formula is C41H59N3O8S2. The van der Waals surface area contributed by atoms with Gasteiger partial charge in [-0.1, -0.05) is 144 Å². The minimum absolute atomic E-state index is 0.0159. The number of ether oxygens (including phenoxy) is 1. The Labute approximate surface area is 323 Å². The van der Waals surface area contributed by atoms with Crippen LogP contribution in [0.25, 0.3) is 0 Å². The van der Waals surface area contributed by atoms with Crippen molar-refractivity contribution in [3.05, 3.63) is 95.6 Å². The lowest BCUT2D eigenvalue weighted by Crippen LogP contribution is -2.53. The normalized spacial score (nSPS) is 12.6. The second-order valence-corrected chi connectivity index (χ2v) is 17.5. The van der Waals surface area contributed by atoms with Crippen LogP contribution in [-0.2, 0) is 45.8 Å². The summed E-state index contributed by atoms with van der Waals surface area (Å²) in [5.74, 6) is -2.10. The van der Waals surface area contributed by atoms with Crippen LogP contribution in [0.1, 0.15) is 108 Å². The van der Waals surface area contributed by atoms with E-state index in [4.69, 9.17) is 9.57 Å². The smallest absolute Gasteiger partial charge is 0.323 e. The van der Waals surface area contributed by atoms with Gasteiger partial charge in [-0.25, -0.2) is 22.3 Å². The van der Waals surface area contributed by atoms with Gasteiger partial charge in [-0.15, -0.1) is 0 Å². The molecule has 13 heteroatoms. The van der Waals surface area contributed by atoms with Gasteiger partial charge in [-0.05, 0) is 56.5 Å². The lowest BCUT2D eigenvalue weighted by Gasteiger charge is -2.30. The van der Waals surface area contributed by atoms with Crippen LogP contribution in [0.5, 0.6) is 0 Å². The third kappa shape index (κ3) is 14.6. The standard InChI is InChI=1S/C41H59N3O8S2/c1-5-7-9-11-13-18-30-43(53(47,48)37-26-22-34(3)23-27-37)32-39(45)52-41(40(46)42-51-33-36-20-16-15-17-21-36)44(31-19-14-12-10-8-6-2)54(49,50)38-28-24-35(4)25-29-38/h15-17,20-29,41H,5-14,18-19,30-33H2,1-4H3,(H,42,46). The summed E-state index contributed by atoms with van der Waals surface area (Å²) in [6, 6.07) is 21.6. The zero-order valence-electron chi connectivity index (χ0n) is 32.4. The van der Waals surface area contributed by atoms with Crippen molar-refractivity contribution in [3.8, 4) is 0 Å². The van der Waals surface area contributed by atoms with E-state index < -0.39 is 44.7 Å². The molecule has 0 saturated carbocycles. The Kier molecular flexibility index (Phi) is 19.3. The highest BCUT2D eigenvalue weighted by molar-refractivity contribution is 7.89. The molecule has 0 heterocycles. The number of aryl methyl sites for hydroxylation is 2. The van der Waals surface area contributed by atoms with Gasteiger partial charge in [0.15, 0.2) is 0 Å². The average Bonchev–Trinajstić information content (AvgIpc) is 3.15. The quantitative estimate of drug-likeness (QED) is 0.0376. The zero-order chi connectivity index (χ0) is 39.4. The monoisotopic (exact) mass is 785 g/mol. The molecule has 1 N–H and O–H groups in total. The van der Waals surface area contributed by atoms with Gasteiger partial charge in [0.05, 0.1) is 16.4 Å². The molecule has 0 fully saturated rings. The minimum Gasteiger partial charge on any atom is -0.435 e. The van der Waals surface area contributed by atoms with E-state index in [1.807, 2.05) is 32.0 Å². The number of carbonyl (C=O) groups is 2. The van der Waals surface area contributed by atoms with Gasteiger partial charge in [0.1, 0.15) is 6.54 Å². The van der Waals surface area contributed by atoms with Crippen molar-refractivity contribution in [1.29, 1.82) is 0 Å². The molecule has 0 aliphatic heterocycles. The van der Waals surface area contributed by atoms with E-state index >= 15 is 0 Å². The average molecular weight is 786 g/mol. The summed E-state index contributed by atoms with van der Waals surface area (Å²) in [7, 11) is -8.56. The van der Waals surface area contributed by atoms with Crippen LogP contribution in [-0.4, -0.2) is 63.2 Å². The summed E-state index contributed by atoms with van der Waals surface area (Å²) < 4.78 is 64.1. The van der Waals surface area contributed by atoms with Crippen LogP contribution in [0.3, 0.4) is 0 Å². The van der Waals surface area contributed by atoms with Gasteiger partial charge in [0.25, 0.3) is 0 Å². The highest BCUT2D eigenvalue weighted by Gasteiger charge is 2.40. The highest BCUT2D eigenvalue weighted by atomic mass is 32.2. The Morgan fingerprint density at radius 3 is 1.65 bits per heavy atom. The van der Waals surface area contributed by atoms with E-state index in [0.717, 1.165) is 83.1 Å². The van der Waals surface area contributed by atoms with Gasteiger partial charge >= 0.3 is 11.9 Å².